The maximum atomic E-state index is 12.3. The van der Waals surface area contributed by atoms with E-state index >= 15 is 0 Å². The Balaban J connectivity index is 2.27. The molecule has 0 fully saturated rings. The number of nitrogens with one attached hydrogen (secondary N) is 1. The zero-order valence-corrected chi connectivity index (χ0v) is 13.4. The number of rotatable bonds is 5. The van der Waals surface area contributed by atoms with Gasteiger partial charge in [0.2, 0.25) is 10.0 Å². The van der Waals surface area contributed by atoms with Crippen molar-refractivity contribution in [1.29, 1.82) is 0 Å². The van der Waals surface area contributed by atoms with E-state index < -0.39 is 16.6 Å². The van der Waals surface area contributed by atoms with Gasteiger partial charge in [-0.15, -0.1) is 0 Å². The van der Waals surface area contributed by atoms with Crippen LogP contribution in [0.1, 0.15) is 11.1 Å². The number of hydrogen-bond donors (Lipinski definition) is 2. The average molecular weight is 350 g/mol. The quantitative estimate of drug-likeness (QED) is 0.860. The Morgan fingerprint density at radius 2 is 2.10 bits per heavy atom. The summed E-state index contributed by atoms with van der Waals surface area (Å²) in [6, 6.07) is 2.69. The number of halogens is 2. The molecule has 2 N–H and O–H groups in total. The van der Waals surface area contributed by atoms with Gasteiger partial charge in [0.25, 0.3) is 0 Å². The highest BCUT2D eigenvalue weighted by atomic mass is 35.5. The van der Waals surface area contributed by atoms with E-state index in [1.807, 2.05) is 0 Å². The monoisotopic (exact) mass is 349 g/mol. The summed E-state index contributed by atoms with van der Waals surface area (Å²) in [7, 11) is -2.08. The molecule has 0 aliphatic carbocycles. The van der Waals surface area contributed by atoms with Crippen molar-refractivity contribution in [2.75, 3.05) is 0 Å². The van der Waals surface area contributed by atoms with Crippen LogP contribution in [0.15, 0.2) is 29.4 Å². The van der Waals surface area contributed by atoms with Crippen LogP contribution in [0, 0.1) is 0 Å². The van der Waals surface area contributed by atoms with Crippen molar-refractivity contribution in [2.45, 2.75) is 18.0 Å². The summed E-state index contributed by atoms with van der Waals surface area (Å²) >= 11 is 11.9. The number of aliphatic hydroxyl groups excluding tert-OH is 1. The van der Waals surface area contributed by atoms with Crippen molar-refractivity contribution in [3.63, 3.8) is 0 Å². The molecule has 1 aromatic carbocycles. The molecule has 0 unspecified atom stereocenters. The molecule has 1 aromatic heterocycles. The first-order valence-corrected chi connectivity index (χ1v) is 8.14. The highest BCUT2D eigenvalue weighted by Gasteiger charge is 2.21. The van der Waals surface area contributed by atoms with Gasteiger partial charge in [-0.3, -0.25) is 4.68 Å². The van der Waals surface area contributed by atoms with Crippen LogP contribution in [0.2, 0.25) is 10.0 Å². The molecule has 1 heterocycles. The van der Waals surface area contributed by atoms with Gasteiger partial charge in [0.1, 0.15) is 4.90 Å². The van der Waals surface area contributed by atoms with Crippen LogP contribution in [-0.2, 0) is 30.2 Å². The summed E-state index contributed by atoms with van der Waals surface area (Å²) < 4.78 is 28.5. The fourth-order valence-electron chi connectivity index (χ4n) is 1.75. The Kier molecular flexibility index (Phi) is 4.90. The maximum Gasteiger partial charge on any atom is 0.242 e. The van der Waals surface area contributed by atoms with E-state index in [1.165, 1.54) is 12.1 Å². The van der Waals surface area contributed by atoms with Gasteiger partial charge in [-0.05, 0) is 12.1 Å². The molecule has 0 radical (unpaired) electrons. The van der Waals surface area contributed by atoms with Gasteiger partial charge in [-0.1, -0.05) is 23.2 Å². The van der Waals surface area contributed by atoms with Crippen LogP contribution in [0.3, 0.4) is 0 Å². The third-order valence-corrected chi connectivity index (χ3v) is 5.16. The lowest BCUT2D eigenvalue weighted by atomic mass is 10.2. The number of sulfonamides is 1. The standard InChI is InChI=1S/C12H13Cl2N3O3S/c1-17-6-8(4-15-17)5-16-21(19,20)11-3-2-10(13)9(7-18)12(11)14/h2-4,6,16,18H,5,7H2,1H3. The van der Waals surface area contributed by atoms with Crippen LogP contribution >= 0.6 is 23.2 Å². The predicted molar refractivity (Wildman–Crippen MR) is 79.6 cm³/mol. The second kappa shape index (κ2) is 6.33. The van der Waals surface area contributed by atoms with Gasteiger partial charge >= 0.3 is 0 Å². The molecule has 6 nitrogen and oxygen atoms in total. The van der Waals surface area contributed by atoms with Crippen LogP contribution in [-0.4, -0.2) is 23.3 Å². The lowest BCUT2D eigenvalue weighted by Crippen LogP contribution is -2.23. The Labute approximate surface area is 132 Å². The molecule has 2 aromatic rings. The summed E-state index contributed by atoms with van der Waals surface area (Å²) in [5.74, 6) is 0. The van der Waals surface area contributed by atoms with Crippen LogP contribution in [0.5, 0.6) is 0 Å². The first-order chi connectivity index (χ1) is 9.85. The smallest absolute Gasteiger partial charge is 0.242 e. The number of aryl methyl sites for hydroxylation is 1. The molecule has 0 saturated heterocycles. The Morgan fingerprint density at radius 1 is 1.38 bits per heavy atom. The molecule has 0 aliphatic heterocycles. The molecule has 9 heteroatoms. The fourth-order valence-corrected chi connectivity index (χ4v) is 3.66. The second-order valence-corrected chi connectivity index (χ2v) is 6.86. The largest absolute Gasteiger partial charge is 0.392 e. The molecular formula is C12H13Cl2N3O3S. The highest BCUT2D eigenvalue weighted by Crippen LogP contribution is 2.31. The lowest BCUT2D eigenvalue weighted by molar-refractivity contribution is 0.281. The van der Waals surface area contributed by atoms with Crippen molar-refractivity contribution < 1.29 is 13.5 Å². The van der Waals surface area contributed by atoms with E-state index in [4.69, 9.17) is 23.2 Å². The van der Waals surface area contributed by atoms with Crippen LogP contribution in [0.4, 0.5) is 0 Å². The maximum absolute atomic E-state index is 12.3. The minimum atomic E-state index is -3.82. The van der Waals surface area contributed by atoms with E-state index in [2.05, 4.69) is 9.82 Å². The van der Waals surface area contributed by atoms with E-state index in [-0.39, 0.29) is 27.0 Å². The molecule has 0 atom stereocenters. The number of aliphatic hydroxyl groups is 1. The highest BCUT2D eigenvalue weighted by molar-refractivity contribution is 7.89. The minimum absolute atomic E-state index is 0.0799. The third kappa shape index (κ3) is 3.56. The van der Waals surface area contributed by atoms with Crippen molar-refractivity contribution in [1.82, 2.24) is 14.5 Å². The van der Waals surface area contributed by atoms with Crippen molar-refractivity contribution >= 4 is 33.2 Å². The van der Waals surface area contributed by atoms with Gasteiger partial charge in [0.05, 0.1) is 17.8 Å². The number of aromatic nitrogens is 2. The predicted octanol–water partition coefficient (Wildman–Crippen LogP) is 1.70. The van der Waals surface area contributed by atoms with Crippen molar-refractivity contribution in [3.8, 4) is 0 Å². The van der Waals surface area contributed by atoms with E-state index in [0.29, 0.717) is 5.56 Å². The number of hydrogen-bond acceptors (Lipinski definition) is 4. The van der Waals surface area contributed by atoms with Crippen molar-refractivity contribution in [2.24, 2.45) is 7.05 Å². The van der Waals surface area contributed by atoms with E-state index in [9.17, 15) is 13.5 Å². The Morgan fingerprint density at radius 3 is 2.67 bits per heavy atom. The summed E-state index contributed by atoms with van der Waals surface area (Å²) in [5.41, 5.74) is 0.899. The molecule has 0 amide bonds. The normalized spacial score (nSPS) is 11.8. The van der Waals surface area contributed by atoms with E-state index in [0.717, 1.165) is 0 Å². The summed E-state index contributed by atoms with van der Waals surface area (Å²) in [6.07, 6.45) is 3.26. The molecule has 2 rings (SSSR count). The molecule has 114 valence electrons. The molecule has 0 bridgehead atoms. The summed E-state index contributed by atoms with van der Waals surface area (Å²) in [6.45, 7) is -0.354. The van der Waals surface area contributed by atoms with Crippen LogP contribution in [0.25, 0.3) is 0 Å². The third-order valence-electron chi connectivity index (χ3n) is 2.82. The lowest BCUT2D eigenvalue weighted by Gasteiger charge is -2.11. The molecular weight excluding hydrogens is 337 g/mol. The molecule has 0 aliphatic rings. The van der Waals surface area contributed by atoms with Gasteiger partial charge in [-0.2, -0.15) is 5.10 Å². The van der Waals surface area contributed by atoms with Crippen molar-refractivity contribution in [3.05, 3.63) is 45.7 Å². The second-order valence-electron chi connectivity index (χ2n) is 4.34. The summed E-state index contributed by atoms with van der Waals surface area (Å²) in [5, 5.41) is 13.3. The van der Waals surface area contributed by atoms with Gasteiger partial charge in [0.15, 0.2) is 0 Å². The Hall–Kier alpha value is -1.12. The summed E-state index contributed by atoms with van der Waals surface area (Å²) in [4.78, 5) is -0.124. The van der Waals surface area contributed by atoms with Gasteiger partial charge in [-0.25, -0.2) is 13.1 Å². The number of benzene rings is 1. The molecule has 0 saturated carbocycles. The topological polar surface area (TPSA) is 84.2 Å². The SMILES string of the molecule is Cn1cc(CNS(=O)(=O)c2ccc(Cl)c(CO)c2Cl)cn1. The first kappa shape index (κ1) is 16.3. The zero-order valence-electron chi connectivity index (χ0n) is 11.0. The van der Waals surface area contributed by atoms with Gasteiger partial charge < -0.3 is 5.11 Å². The Bertz CT molecular complexity index is 759. The zero-order chi connectivity index (χ0) is 15.6. The first-order valence-electron chi connectivity index (χ1n) is 5.90. The van der Waals surface area contributed by atoms with E-state index in [1.54, 1.807) is 24.1 Å². The minimum Gasteiger partial charge on any atom is -0.392 e. The van der Waals surface area contributed by atoms with Crippen LogP contribution < -0.4 is 4.72 Å². The molecule has 21 heavy (non-hydrogen) atoms. The van der Waals surface area contributed by atoms with Gasteiger partial charge in [0, 0.05) is 35.9 Å². The fraction of sp³-hybridized carbons (Fsp3) is 0.250. The molecule has 0 spiro atoms. The average Bonchev–Trinajstić information content (AvgIpc) is 2.83. The number of nitrogens with zero attached hydrogens (tertiary/aromatic N) is 2.